The van der Waals surface area contributed by atoms with E-state index in [0.717, 1.165) is 28.4 Å². The van der Waals surface area contributed by atoms with E-state index >= 15 is 0 Å². The minimum atomic E-state index is 1.08. The van der Waals surface area contributed by atoms with E-state index in [0.29, 0.717) is 0 Å². The number of rotatable bonds is 7. The van der Waals surface area contributed by atoms with Crippen LogP contribution in [0.2, 0.25) is 0 Å². The van der Waals surface area contributed by atoms with E-state index in [1.807, 2.05) is 0 Å². The number of para-hydroxylation sites is 3. The summed E-state index contributed by atoms with van der Waals surface area (Å²) < 4.78 is 4.80. The minimum Gasteiger partial charge on any atom is -0.310 e. The summed E-state index contributed by atoms with van der Waals surface area (Å²) in [5.74, 6) is 0. The Kier molecular flexibility index (Phi) is 8.53. The molecular formula is C62H41N3. The first-order valence-corrected chi connectivity index (χ1v) is 22.3. The molecule has 0 aliphatic rings. The number of benzene rings is 11. The highest BCUT2D eigenvalue weighted by Crippen LogP contribution is 2.44. The van der Waals surface area contributed by atoms with Crippen LogP contribution in [0, 0.1) is 0 Å². The molecule has 11 aromatic carbocycles. The lowest BCUT2D eigenvalue weighted by atomic mass is 9.91. The third-order valence-electron chi connectivity index (χ3n) is 13.3. The predicted molar refractivity (Wildman–Crippen MR) is 276 cm³/mol. The lowest BCUT2D eigenvalue weighted by molar-refractivity contribution is 1.17. The summed E-state index contributed by atoms with van der Waals surface area (Å²) in [7, 11) is 0. The number of anilines is 3. The second-order valence-electron chi connectivity index (χ2n) is 16.9. The van der Waals surface area contributed by atoms with Gasteiger partial charge in [-0.05, 0) is 129 Å². The minimum absolute atomic E-state index is 1.08. The SMILES string of the molecule is c1ccc(-c2cccc3cccc(-c4ccc(N(c5ccc(-n6c7ccccc7c7ccccc76)cc5)c5ccc6c(c5)c5c7ccccc7ccc5n6-c5ccccc5)cc4)c23)cc1. The van der Waals surface area contributed by atoms with Crippen LogP contribution in [0.3, 0.4) is 0 Å². The van der Waals surface area contributed by atoms with Crippen LogP contribution in [0.5, 0.6) is 0 Å². The summed E-state index contributed by atoms with van der Waals surface area (Å²) in [6, 6.07) is 90.7. The Bertz CT molecular complexity index is 3860. The maximum atomic E-state index is 2.41. The zero-order valence-electron chi connectivity index (χ0n) is 35.5. The standard InChI is InChI=1S/C62H41N3/c1-3-15-42(16-4-1)51-25-13-18-45-19-14-26-52(61(45)51)44-29-32-47(33-30-44)63(48-34-36-49(37-35-48)64-57-27-11-9-23-54(57)55-24-10-12-28-58(55)64)50-38-40-59-56(41-50)62-53-22-8-7-17-43(53)31-39-60(62)65(59)46-20-5-2-6-21-46/h1-41H. The topological polar surface area (TPSA) is 13.1 Å². The Labute approximate surface area is 376 Å². The first kappa shape index (κ1) is 36.9. The van der Waals surface area contributed by atoms with Crippen molar-refractivity contribution in [3.8, 4) is 33.6 Å². The average molecular weight is 828 g/mol. The third kappa shape index (κ3) is 5.97. The predicted octanol–water partition coefficient (Wildman–Crippen LogP) is 17.0. The van der Waals surface area contributed by atoms with E-state index in [1.54, 1.807) is 0 Å². The van der Waals surface area contributed by atoms with Crippen LogP contribution in [0.15, 0.2) is 249 Å². The van der Waals surface area contributed by atoms with Crippen LogP contribution < -0.4 is 4.90 Å². The van der Waals surface area contributed by atoms with Gasteiger partial charge in [0.25, 0.3) is 0 Å². The van der Waals surface area contributed by atoms with Crippen molar-refractivity contribution in [3.05, 3.63) is 249 Å². The van der Waals surface area contributed by atoms with Crippen LogP contribution in [-0.4, -0.2) is 9.13 Å². The Morgan fingerprint density at radius 3 is 1.42 bits per heavy atom. The molecule has 2 aromatic heterocycles. The molecule has 0 aliphatic heterocycles. The van der Waals surface area contributed by atoms with Crippen LogP contribution in [0.1, 0.15) is 0 Å². The van der Waals surface area contributed by atoms with E-state index in [1.165, 1.54) is 87.4 Å². The van der Waals surface area contributed by atoms with Gasteiger partial charge in [0, 0.05) is 50.0 Å². The monoisotopic (exact) mass is 827 g/mol. The smallest absolute Gasteiger partial charge is 0.0547 e. The molecule has 13 aromatic rings. The summed E-state index contributed by atoms with van der Waals surface area (Å²) in [5.41, 5.74) is 15.1. The molecule has 2 heterocycles. The van der Waals surface area contributed by atoms with Crippen molar-refractivity contribution in [2.75, 3.05) is 4.90 Å². The zero-order chi connectivity index (χ0) is 42.8. The molecule has 0 N–H and O–H groups in total. The first-order chi connectivity index (χ1) is 32.3. The van der Waals surface area contributed by atoms with Crippen molar-refractivity contribution in [1.29, 1.82) is 0 Å². The van der Waals surface area contributed by atoms with Gasteiger partial charge in [-0.3, -0.25) is 0 Å². The largest absolute Gasteiger partial charge is 0.310 e. The molecule has 0 spiro atoms. The molecule has 65 heavy (non-hydrogen) atoms. The van der Waals surface area contributed by atoms with Crippen molar-refractivity contribution < 1.29 is 0 Å². The van der Waals surface area contributed by atoms with Gasteiger partial charge < -0.3 is 14.0 Å². The van der Waals surface area contributed by atoms with Crippen LogP contribution in [0.25, 0.3) is 98.8 Å². The van der Waals surface area contributed by atoms with Gasteiger partial charge in [0.05, 0.1) is 22.1 Å². The highest BCUT2D eigenvalue weighted by molar-refractivity contribution is 6.22. The van der Waals surface area contributed by atoms with Crippen molar-refractivity contribution in [2.45, 2.75) is 0 Å². The fourth-order valence-corrected chi connectivity index (χ4v) is 10.4. The number of hydrogen-bond donors (Lipinski definition) is 0. The van der Waals surface area contributed by atoms with Crippen molar-refractivity contribution in [3.63, 3.8) is 0 Å². The molecule has 0 saturated heterocycles. The molecule has 3 nitrogen and oxygen atoms in total. The van der Waals surface area contributed by atoms with Gasteiger partial charge in [0.2, 0.25) is 0 Å². The maximum Gasteiger partial charge on any atom is 0.0547 e. The molecule has 0 amide bonds. The van der Waals surface area contributed by atoms with Gasteiger partial charge in [-0.15, -0.1) is 0 Å². The molecule has 0 bridgehead atoms. The Hall–Kier alpha value is -8.66. The molecule has 3 heteroatoms. The van der Waals surface area contributed by atoms with Crippen molar-refractivity contribution in [1.82, 2.24) is 9.13 Å². The number of fused-ring (bicyclic) bond motifs is 9. The first-order valence-electron chi connectivity index (χ1n) is 22.3. The number of hydrogen-bond acceptors (Lipinski definition) is 1. The van der Waals surface area contributed by atoms with Gasteiger partial charge in [-0.2, -0.15) is 0 Å². The van der Waals surface area contributed by atoms with E-state index in [4.69, 9.17) is 0 Å². The Morgan fingerprint density at radius 1 is 0.262 bits per heavy atom. The van der Waals surface area contributed by atoms with Gasteiger partial charge in [-0.25, -0.2) is 0 Å². The van der Waals surface area contributed by atoms with Crippen LogP contribution in [-0.2, 0) is 0 Å². The molecule has 0 aliphatic carbocycles. The van der Waals surface area contributed by atoms with Crippen LogP contribution >= 0.6 is 0 Å². The molecule has 304 valence electrons. The Morgan fingerprint density at radius 2 is 0.738 bits per heavy atom. The molecule has 0 saturated carbocycles. The fraction of sp³-hybridized carbons (Fsp3) is 0. The molecule has 0 radical (unpaired) electrons. The van der Waals surface area contributed by atoms with Gasteiger partial charge in [0.15, 0.2) is 0 Å². The second-order valence-corrected chi connectivity index (χ2v) is 16.9. The number of nitrogens with zero attached hydrogens (tertiary/aromatic N) is 3. The lowest BCUT2D eigenvalue weighted by Crippen LogP contribution is -2.10. The molecular weight excluding hydrogens is 787 g/mol. The van der Waals surface area contributed by atoms with E-state index in [-0.39, 0.29) is 0 Å². The normalized spacial score (nSPS) is 11.7. The molecule has 0 unspecified atom stereocenters. The van der Waals surface area contributed by atoms with Gasteiger partial charge in [-0.1, -0.05) is 164 Å². The quantitative estimate of drug-likeness (QED) is 0.156. The van der Waals surface area contributed by atoms with Crippen molar-refractivity contribution >= 4 is 82.2 Å². The molecule has 13 rings (SSSR count). The highest BCUT2D eigenvalue weighted by Gasteiger charge is 2.20. The number of aromatic nitrogens is 2. The zero-order valence-corrected chi connectivity index (χ0v) is 35.5. The average Bonchev–Trinajstić information content (AvgIpc) is 3.90. The second kappa shape index (κ2) is 15.0. The fourth-order valence-electron chi connectivity index (χ4n) is 10.4. The summed E-state index contributed by atoms with van der Waals surface area (Å²) in [6.07, 6.45) is 0. The molecule has 0 fully saturated rings. The molecule has 0 atom stereocenters. The van der Waals surface area contributed by atoms with E-state index in [9.17, 15) is 0 Å². The summed E-state index contributed by atoms with van der Waals surface area (Å²) in [6.45, 7) is 0. The van der Waals surface area contributed by atoms with E-state index < -0.39 is 0 Å². The third-order valence-corrected chi connectivity index (χ3v) is 13.3. The lowest BCUT2D eigenvalue weighted by Gasteiger charge is -2.26. The highest BCUT2D eigenvalue weighted by atomic mass is 15.1. The van der Waals surface area contributed by atoms with Gasteiger partial charge in [0.1, 0.15) is 0 Å². The Balaban J connectivity index is 1.01. The summed E-state index contributed by atoms with van der Waals surface area (Å²) >= 11 is 0. The van der Waals surface area contributed by atoms with E-state index in [2.05, 4.69) is 263 Å². The van der Waals surface area contributed by atoms with Crippen molar-refractivity contribution in [2.24, 2.45) is 0 Å². The summed E-state index contributed by atoms with van der Waals surface area (Å²) in [5, 5.41) is 9.95. The maximum absolute atomic E-state index is 2.41. The van der Waals surface area contributed by atoms with Gasteiger partial charge >= 0.3 is 0 Å². The van der Waals surface area contributed by atoms with Crippen LogP contribution in [0.4, 0.5) is 17.1 Å². The summed E-state index contributed by atoms with van der Waals surface area (Å²) in [4.78, 5) is 2.41.